The summed E-state index contributed by atoms with van der Waals surface area (Å²) in [4.78, 5) is 14.8. The second-order valence-corrected chi connectivity index (χ2v) is 7.43. The molecular weight excluding hydrogens is 250 g/mol. The van der Waals surface area contributed by atoms with Crippen LogP contribution in [0.2, 0.25) is 0 Å². The third kappa shape index (κ3) is 2.88. The van der Waals surface area contributed by atoms with E-state index in [1.807, 2.05) is 4.90 Å². The van der Waals surface area contributed by atoms with Crippen molar-refractivity contribution in [3.05, 3.63) is 0 Å². The Kier molecular flexibility index (Phi) is 4.34. The molecular formula is C17H29NO2. The molecule has 1 amide bonds. The Morgan fingerprint density at radius 2 is 1.80 bits per heavy atom. The van der Waals surface area contributed by atoms with Gasteiger partial charge in [0.15, 0.2) is 0 Å². The van der Waals surface area contributed by atoms with Crippen LogP contribution in [-0.4, -0.2) is 35.1 Å². The summed E-state index contributed by atoms with van der Waals surface area (Å²) in [5.74, 6) is 2.62. The maximum Gasteiger partial charge on any atom is 0.225 e. The molecule has 2 aliphatic carbocycles. The third-order valence-corrected chi connectivity index (χ3v) is 6.06. The summed E-state index contributed by atoms with van der Waals surface area (Å²) < 4.78 is 0. The molecule has 0 radical (unpaired) electrons. The molecule has 1 N–H and O–H groups in total. The molecule has 3 nitrogen and oxygen atoms in total. The summed E-state index contributed by atoms with van der Waals surface area (Å²) in [6.07, 6.45) is 9.58. The molecule has 2 saturated carbocycles. The molecule has 20 heavy (non-hydrogen) atoms. The van der Waals surface area contributed by atoms with E-state index >= 15 is 0 Å². The monoisotopic (exact) mass is 279 g/mol. The van der Waals surface area contributed by atoms with Gasteiger partial charge in [-0.25, -0.2) is 0 Å². The van der Waals surface area contributed by atoms with Gasteiger partial charge in [-0.3, -0.25) is 4.79 Å². The van der Waals surface area contributed by atoms with E-state index in [2.05, 4.69) is 6.92 Å². The Bertz CT molecular complexity index is 357. The molecule has 1 aliphatic heterocycles. The first-order valence-electron chi connectivity index (χ1n) is 8.62. The van der Waals surface area contributed by atoms with Crippen molar-refractivity contribution in [3.63, 3.8) is 0 Å². The number of piperidine rings is 1. The van der Waals surface area contributed by atoms with Crippen LogP contribution in [0.4, 0.5) is 0 Å². The van der Waals surface area contributed by atoms with E-state index in [4.69, 9.17) is 0 Å². The zero-order chi connectivity index (χ0) is 14.1. The molecule has 1 heterocycles. The fraction of sp³-hybridized carbons (Fsp3) is 0.941. The van der Waals surface area contributed by atoms with E-state index in [1.165, 1.54) is 32.1 Å². The molecule has 0 aromatic carbocycles. The summed E-state index contributed by atoms with van der Waals surface area (Å²) >= 11 is 0. The standard InChI is InChI=1S/C17H29NO2/c1-12-11-18(9-8-16(12)19)17(20)15-7-6-13-4-2-3-5-14(13)10-15/h12-16,19H,2-11H2,1H3. The predicted octanol–water partition coefficient (Wildman–Crippen LogP) is 2.82. The van der Waals surface area contributed by atoms with Crippen molar-refractivity contribution >= 4 is 5.91 Å². The SMILES string of the molecule is CC1CN(C(=O)C2CCC3CCCCC3C2)CCC1O. The minimum atomic E-state index is -0.215. The number of amides is 1. The smallest absolute Gasteiger partial charge is 0.225 e. The Morgan fingerprint density at radius 1 is 1.05 bits per heavy atom. The van der Waals surface area contributed by atoms with E-state index in [-0.39, 0.29) is 17.9 Å². The average Bonchev–Trinajstić information content (AvgIpc) is 2.49. The second kappa shape index (κ2) is 6.05. The van der Waals surface area contributed by atoms with Gasteiger partial charge in [-0.1, -0.05) is 32.6 Å². The van der Waals surface area contributed by atoms with Crippen LogP contribution in [0.25, 0.3) is 0 Å². The quantitative estimate of drug-likeness (QED) is 0.802. The number of carbonyl (C=O) groups excluding carboxylic acids is 1. The number of rotatable bonds is 1. The van der Waals surface area contributed by atoms with Gasteiger partial charge >= 0.3 is 0 Å². The highest BCUT2D eigenvalue weighted by Crippen LogP contribution is 2.43. The molecule has 3 rings (SSSR count). The van der Waals surface area contributed by atoms with Gasteiger partial charge in [0.25, 0.3) is 0 Å². The van der Waals surface area contributed by atoms with Crippen LogP contribution in [0.5, 0.6) is 0 Å². The number of carbonyl (C=O) groups is 1. The zero-order valence-corrected chi connectivity index (χ0v) is 12.8. The Labute approximate surface area is 122 Å². The van der Waals surface area contributed by atoms with E-state index in [1.54, 1.807) is 0 Å². The van der Waals surface area contributed by atoms with Gasteiger partial charge in [0.2, 0.25) is 5.91 Å². The van der Waals surface area contributed by atoms with E-state index in [9.17, 15) is 9.90 Å². The van der Waals surface area contributed by atoms with Gasteiger partial charge in [0.05, 0.1) is 6.10 Å². The lowest BCUT2D eigenvalue weighted by molar-refractivity contribution is -0.141. The van der Waals surface area contributed by atoms with Gasteiger partial charge in [-0.15, -0.1) is 0 Å². The van der Waals surface area contributed by atoms with Crippen molar-refractivity contribution in [2.24, 2.45) is 23.7 Å². The number of nitrogens with zero attached hydrogens (tertiary/aromatic N) is 1. The van der Waals surface area contributed by atoms with Crippen LogP contribution in [0.3, 0.4) is 0 Å². The van der Waals surface area contributed by atoms with Crippen molar-refractivity contribution in [2.75, 3.05) is 13.1 Å². The highest BCUT2D eigenvalue weighted by molar-refractivity contribution is 5.79. The lowest BCUT2D eigenvalue weighted by Crippen LogP contribution is -2.48. The number of fused-ring (bicyclic) bond motifs is 1. The predicted molar refractivity (Wildman–Crippen MR) is 79.2 cm³/mol. The lowest BCUT2D eigenvalue weighted by Gasteiger charge is -2.42. The first kappa shape index (κ1) is 14.4. The Balaban J connectivity index is 1.57. The third-order valence-electron chi connectivity index (χ3n) is 6.06. The molecule has 114 valence electrons. The van der Waals surface area contributed by atoms with Gasteiger partial charge < -0.3 is 10.0 Å². The molecule has 0 aromatic heterocycles. The van der Waals surface area contributed by atoms with E-state index in [0.29, 0.717) is 5.91 Å². The van der Waals surface area contributed by atoms with E-state index < -0.39 is 0 Å². The van der Waals surface area contributed by atoms with Gasteiger partial charge in [0.1, 0.15) is 0 Å². The summed E-state index contributed by atoms with van der Waals surface area (Å²) in [5, 5.41) is 9.80. The van der Waals surface area contributed by atoms with Crippen LogP contribution < -0.4 is 0 Å². The molecule has 3 fully saturated rings. The van der Waals surface area contributed by atoms with Gasteiger partial charge in [-0.2, -0.15) is 0 Å². The molecule has 1 saturated heterocycles. The van der Waals surface area contributed by atoms with Crippen molar-refractivity contribution < 1.29 is 9.90 Å². The van der Waals surface area contributed by atoms with Gasteiger partial charge in [-0.05, 0) is 43.4 Å². The Morgan fingerprint density at radius 3 is 2.55 bits per heavy atom. The number of hydrogen-bond acceptors (Lipinski definition) is 2. The molecule has 5 atom stereocenters. The summed E-state index contributed by atoms with van der Waals surface area (Å²) in [5.41, 5.74) is 0. The minimum Gasteiger partial charge on any atom is -0.393 e. The maximum atomic E-state index is 12.7. The van der Waals surface area contributed by atoms with Crippen molar-refractivity contribution in [1.82, 2.24) is 4.90 Å². The fourth-order valence-electron chi connectivity index (χ4n) is 4.69. The molecule has 5 unspecified atom stereocenters. The molecule has 3 heteroatoms. The summed E-state index contributed by atoms with van der Waals surface area (Å²) in [6, 6.07) is 0. The van der Waals surface area contributed by atoms with Crippen LogP contribution >= 0.6 is 0 Å². The molecule has 0 bridgehead atoms. The largest absolute Gasteiger partial charge is 0.393 e. The zero-order valence-electron chi connectivity index (χ0n) is 12.8. The van der Waals surface area contributed by atoms with Crippen molar-refractivity contribution in [1.29, 1.82) is 0 Å². The van der Waals surface area contributed by atoms with Crippen LogP contribution in [0, 0.1) is 23.7 Å². The van der Waals surface area contributed by atoms with Crippen molar-refractivity contribution in [3.8, 4) is 0 Å². The van der Waals surface area contributed by atoms with E-state index in [0.717, 1.165) is 44.2 Å². The number of hydrogen-bond donors (Lipinski definition) is 1. The van der Waals surface area contributed by atoms with Crippen molar-refractivity contribution in [2.45, 2.75) is 64.4 Å². The highest BCUT2D eigenvalue weighted by atomic mass is 16.3. The fourth-order valence-corrected chi connectivity index (χ4v) is 4.69. The maximum absolute atomic E-state index is 12.7. The first-order chi connectivity index (χ1) is 9.65. The van der Waals surface area contributed by atoms with Gasteiger partial charge in [0, 0.05) is 19.0 Å². The van der Waals surface area contributed by atoms with Crippen LogP contribution in [0.1, 0.15) is 58.3 Å². The average molecular weight is 279 g/mol. The summed E-state index contributed by atoms with van der Waals surface area (Å²) in [7, 11) is 0. The van der Waals surface area contributed by atoms with Crippen LogP contribution in [-0.2, 0) is 4.79 Å². The highest BCUT2D eigenvalue weighted by Gasteiger charge is 2.37. The minimum absolute atomic E-state index is 0.215. The molecule has 3 aliphatic rings. The topological polar surface area (TPSA) is 40.5 Å². The number of aliphatic hydroxyl groups excluding tert-OH is 1. The molecule has 0 spiro atoms. The number of aliphatic hydroxyl groups is 1. The normalized spacial score (nSPS) is 42.1. The molecule has 0 aromatic rings. The Hall–Kier alpha value is -0.570. The van der Waals surface area contributed by atoms with Crippen LogP contribution in [0.15, 0.2) is 0 Å². The summed E-state index contributed by atoms with van der Waals surface area (Å²) in [6.45, 7) is 3.57. The first-order valence-corrected chi connectivity index (χ1v) is 8.62. The number of likely N-dealkylation sites (tertiary alicyclic amines) is 1. The lowest BCUT2D eigenvalue weighted by atomic mass is 9.67. The second-order valence-electron chi connectivity index (χ2n) is 7.43.